The lowest BCUT2D eigenvalue weighted by molar-refractivity contribution is 0.109. The van der Waals surface area contributed by atoms with Crippen LogP contribution in [-0.4, -0.2) is 48.9 Å². The Balaban J connectivity index is 0.00000225. The van der Waals surface area contributed by atoms with E-state index in [0.717, 1.165) is 30.9 Å². The van der Waals surface area contributed by atoms with Gasteiger partial charge in [0.15, 0.2) is 5.82 Å². The fourth-order valence-corrected chi connectivity index (χ4v) is 2.96. The molecule has 1 aliphatic rings. The molecule has 3 rings (SSSR count). The van der Waals surface area contributed by atoms with Crippen molar-refractivity contribution in [2.45, 2.75) is 25.6 Å². The average molecular weight is 369 g/mol. The van der Waals surface area contributed by atoms with Crippen LogP contribution in [0.5, 0.6) is 5.75 Å². The molecule has 138 valence electrons. The first-order chi connectivity index (χ1) is 11.7. The van der Waals surface area contributed by atoms with Gasteiger partial charge in [0.25, 0.3) is 0 Å². The number of halogens is 1. The van der Waals surface area contributed by atoms with Crippen molar-refractivity contribution in [1.82, 2.24) is 20.4 Å². The zero-order chi connectivity index (χ0) is 16.9. The summed E-state index contributed by atoms with van der Waals surface area (Å²) in [5.41, 5.74) is 1.16. The second-order valence-corrected chi connectivity index (χ2v) is 5.86. The van der Waals surface area contributed by atoms with Gasteiger partial charge >= 0.3 is 0 Å². The molecule has 0 saturated carbocycles. The maximum Gasteiger partial charge on any atom is 0.240 e. The van der Waals surface area contributed by atoms with E-state index in [1.165, 1.54) is 0 Å². The third-order valence-corrected chi connectivity index (χ3v) is 4.39. The van der Waals surface area contributed by atoms with E-state index in [4.69, 9.17) is 14.0 Å². The zero-order valence-electron chi connectivity index (χ0n) is 14.8. The van der Waals surface area contributed by atoms with Gasteiger partial charge in [-0.1, -0.05) is 23.4 Å². The van der Waals surface area contributed by atoms with E-state index in [9.17, 15) is 0 Å². The van der Waals surface area contributed by atoms with E-state index in [-0.39, 0.29) is 24.6 Å². The summed E-state index contributed by atoms with van der Waals surface area (Å²) in [6, 6.07) is 8.32. The van der Waals surface area contributed by atoms with Crippen LogP contribution >= 0.6 is 12.4 Å². The van der Waals surface area contributed by atoms with E-state index in [1.54, 1.807) is 14.2 Å². The number of rotatable bonds is 6. The highest BCUT2D eigenvalue weighted by molar-refractivity contribution is 5.85. The molecule has 1 saturated heterocycles. The fourth-order valence-electron chi connectivity index (χ4n) is 2.96. The van der Waals surface area contributed by atoms with Crippen LogP contribution in [0, 0.1) is 0 Å². The highest BCUT2D eigenvalue weighted by Gasteiger charge is 2.28. The minimum Gasteiger partial charge on any atom is -0.496 e. The Bertz CT molecular complexity index is 667. The van der Waals surface area contributed by atoms with Crippen LogP contribution in [0.4, 0.5) is 0 Å². The van der Waals surface area contributed by atoms with Gasteiger partial charge in [-0.3, -0.25) is 4.90 Å². The number of nitrogens with zero attached hydrogens (tertiary/aromatic N) is 3. The number of ether oxygens (including phenoxy) is 2. The maximum absolute atomic E-state index is 5.52. The molecule has 0 aliphatic carbocycles. The Morgan fingerprint density at radius 1 is 1.36 bits per heavy atom. The van der Waals surface area contributed by atoms with Gasteiger partial charge in [-0.2, -0.15) is 4.98 Å². The minimum atomic E-state index is -0.171. The molecular formula is C17H25ClN4O3. The van der Waals surface area contributed by atoms with E-state index >= 15 is 0 Å². The molecule has 2 aromatic rings. The van der Waals surface area contributed by atoms with Crippen molar-refractivity contribution in [2.75, 3.05) is 33.9 Å². The number of para-hydroxylation sites is 1. The van der Waals surface area contributed by atoms with Gasteiger partial charge in [0.05, 0.1) is 19.7 Å². The average Bonchev–Trinajstić information content (AvgIpc) is 3.10. The zero-order valence-corrected chi connectivity index (χ0v) is 15.6. The molecule has 1 N–H and O–H groups in total. The van der Waals surface area contributed by atoms with Crippen LogP contribution in [0.2, 0.25) is 0 Å². The molecule has 0 spiro atoms. The first-order valence-electron chi connectivity index (χ1n) is 8.16. The molecule has 2 heterocycles. The van der Waals surface area contributed by atoms with Gasteiger partial charge in [-0.05, 0) is 13.0 Å². The Morgan fingerprint density at radius 2 is 2.16 bits per heavy atom. The molecule has 25 heavy (non-hydrogen) atoms. The standard InChI is InChI=1S/C17H24N4O3.ClH/c1-12(22-2)17-19-16(24-20-17)11-21-9-8-18-10-14(21)13-6-4-5-7-15(13)23-3;/h4-7,12,14,18H,8-11H2,1-3H3;1H. The molecule has 8 heteroatoms. The molecule has 1 aromatic carbocycles. The summed E-state index contributed by atoms with van der Waals surface area (Å²) in [6.45, 7) is 5.20. The Kier molecular flexibility index (Phi) is 7.19. The molecule has 2 atom stereocenters. The fraction of sp³-hybridized carbons (Fsp3) is 0.529. The van der Waals surface area contributed by atoms with Gasteiger partial charge in [0.1, 0.15) is 11.9 Å². The number of aromatic nitrogens is 2. The smallest absolute Gasteiger partial charge is 0.240 e. The maximum atomic E-state index is 5.52. The van der Waals surface area contributed by atoms with Crippen LogP contribution in [-0.2, 0) is 11.3 Å². The topological polar surface area (TPSA) is 72.7 Å². The molecular weight excluding hydrogens is 344 g/mol. The second kappa shape index (κ2) is 9.15. The summed E-state index contributed by atoms with van der Waals surface area (Å²) in [5.74, 6) is 2.09. The predicted molar refractivity (Wildman–Crippen MR) is 96.0 cm³/mol. The summed E-state index contributed by atoms with van der Waals surface area (Å²) in [5, 5.41) is 7.45. The van der Waals surface area contributed by atoms with Crippen molar-refractivity contribution in [3.63, 3.8) is 0 Å². The Morgan fingerprint density at radius 3 is 2.92 bits per heavy atom. The van der Waals surface area contributed by atoms with Gasteiger partial charge in [-0.15, -0.1) is 12.4 Å². The lowest BCUT2D eigenvalue weighted by atomic mass is 10.0. The number of hydrogen-bond acceptors (Lipinski definition) is 7. The van der Waals surface area contributed by atoms with Gasteiger partial charge < -0.3 is 19.3 Å². The summed E-state index contributed by atoms with van der Waals surface area (Å²) < 4.78 is 16.2. The lowest BCUT2D eigenvalue weighted by Crippen LogP contribution is -2.45. The van der Waals surface area contributed by atoms with E-state index in [1.807, 2.05) is 25.1 Å². The molecule has 0 radical (unpaired) electrons. The van der Waals surface area contributed by atoms with Crippen molar-refractivity contribution in [3.8, 4) is 5.75 Å². The molecule has 0 amide bonds. The Labute approximate surface area is 154 Å². The van der Waals surface area contributed by atoms with E-state index < -0.39 is 0 Å². The van der Waals surface area contributed by atoms with Gasteiger partial charge in [-0.25, -0.2) is 0 Å². The molecule has 7 nitrogen and oxygen atoms in total. The monoisotopic (exact) mass is 368 g/mol. The second-order valence-electron chi connectivity index (χ2n) is 5.86. The molecule has 0 bridgehead atoms. The van der Waals surface area contributed by atoms with Crippen LogP contribution in [0.3, 0.4) is 0 Å². The third-order valence-electron chi connectivity index (χ3n) is 4.39. The van der Waals surface area contributed by atoms with Crippen molar-refractivity contribution >= 4 is 12.4 Å². The van der Waals surface area contributed by atoms with Crippen LogP contribution in [0.25, 0.3) is 0 Å². The highest BCUT2D eigenvalue weighted by Crippen LogP contribution is 2.31. The Hall–Kier alpha value is -1.67. The SMILES string of the molecule is COc1ccccc1C1CNCCN1Cc1nc(C(C)OC)no1.Cl. The van der Waals surface area contributed by atoms with Crippen LogP contribution in [0.15, 0.2) is 28.8 Å². The largest absolute Gasteiger partial charge is 0.496 e. The number of nitrogens with one attached hydrogen (secondary N) is 1. The summed E-state index contributed by atoms with van der Waals surface area (Å²) >= 11 is 0. The first kappa shape index (κ1) is 19.7. The number of methoxy groups -OCH3 is 2. The molecule has 2 unspecified atom stereocenters. The first-order valence-corrected chi connectivity index (χ1v) is 8.16. The lowest BCUT2D eigenvalue weighted by Gasteiger charge is -2.36. The minimum absolute atomic E-state index is 0. The predicted octanol–water partition coefficient (Wildman–Crippen LogP) is 2.35. The van der Waals surface area contributed by atoms with Crippen LogP contribution in [0.1, 0.15) is 36.3 Å². The summed E-state index contributed by atoms with van der Waals surface area (Å²) in [4.78, 5) is 6.79. The van der Waals surface area contributed by atoms with Gasteiger partial charge in [0.2, 0.25) is 5.89 Å². The number of piperazine rings is 1. The number of benzene rings is 1. The normalized spacial score (nSPS) is 19.2. The van der Waals surface area contributed by atoms with E-state index in [2.05, 4.69) is 26.4 Å². The third kappa shape index (κ3) is 4.49. The van der Waals surface area contributed by atoms with Gasteiger partial charge in [0, 0.05) is 32.3 Å². The van der Waals surface area contributed by atoms with Crippen molar-refractivity contribution < 1.29 is 14.0 Å². The molecule has 1 fully saturated rings. The highest BCUT2D eigenvalue weighted by atomic mass is 35.5. The summed E-state index contributed by atoms with van der Waals surface area (Å²) in [6.07, 6.45) is -0.171. The van der Waals surface area contributed by atoms with Crippen molar-refractivity contribution in [2.24, 2.45) is 0 Å². The molecule has 1 aliphatic heterocycles. The van der Waals surface area contributed by atoms with Crippen LogP contribution < -0.4 is 10.1 Å². The van der Waals surface area contributed by atoms with Crippen molar-refractivity contribution in [1.29, 1.82) is 0 Å². The molecule has 1 aromatic heterocycles. The van der Waals surface area contributed by atoms with E-state index in [0.29, 0.717) is 18.3 Å². The quantitative estimate of drug-likeness (QED) is 0.838. The summed E-state index contributed by atoms with van der Waals surface area (Å²) in [7, 11) is 3.34. The number of hydrogen-bond donors (Lipinski definition) is 1. The van der Waals surface area contributed by atoms with Crippen molar-refractivity contribution in [3.05, 3.63) is 41.5 Å².